The smallest absolute Gasteiger partial charge is 0.299 e. The molecule has 1 heterocycles. The number of pyridine rings is 1. The Morgan fingerprint density at radius 1 is 1.00 bits per heavy atom. The molecular weight excluding hydrogens is 384 g/mol. The van der Waals surface area contributed by atoms with Crippen LogP contribution in [0.25, 0.3) is 10.9 Å². The average molecular weight is 410 g/mol. The Hall–Kier alpha value is -3.35. The predicted octanol–water partition coefficient (Wildman–Crippen LogP) is 5.48. The zero-order valence-corrected chi connectivity index (χ0v) is 17.3. The van der Waals surface area contributed by atoms with E-state index in [4.69, 9.17) is 14.2 Å². The summed E-state index contributed by atoms with van der Waals surface area (Å²) < 4.78 is 17.1. The number of methoxy groups -OCH3 is 1. The molecule has 0 saturated carbocycles. The SMILES string of the molecule is COc1cc([N+](=O)[O-])c2nccc(C)c2c1OCCCCCCOc1ccccc1. The molecule has 7 heteroatoms. The molecule has 0 fully saturated rings. The van der Waals surface area contributed by atoms with E-state index >= 15 is 0 Å². The van der Waals surface area contributed by atoms with E-state index in [0.717, 1.165) is 37.0 Å². The lowest BCUT2D eigenvalue weighted by Crippen LogP contribution is -2.03. The summed E-state index contributed by atoms with van der Waals surface area (Å²) in [5.74, 6) is 1.75. The Morgan fingerprint density at radius 2 is 1.70 bits per heavy atom. The highest BCUT2D eigenvalue weighted by Gasteiger charge is 2.23. The molecule has 2 aromatic carbocycles. The molecule has 0 aliphatic heterocycles. The summed E-state index contributed by atoms with van der Waals surface area (Å²) in [6.07, 6.45) is 5.45. The second-order valence-corrected chi connectivity index (χ2v) is 6.96. The number of ether oxygens (including phenoxy) is 3. The first-order chi connectivity index (χ1) is 14.6. The minimum Gasteiger partial charge on any atom is -0.494 e. The van der Waals surface area contributed by atoms with Crippen LogP contribution in [0.1, 0.15) is 31.2 Å². The zero-order valence-electron chi connectivity index (χ0n) is 17.3. The van der Waals surface area contributed by atoms with E-state index in [-0.39, 0.29) is 5.69 Å². The van der Waals surface area contributed by atoms with Gasteiger partial charge in [-0.05, 0) is 56.4 Å². The first kappa shape index (κ1) is 21.4. The Balaban J connectivity index is 1.55. The third kappa shape index (κ3) is 5.17. The summed E-state index contributed by atoms with van der Waals surface area (Å²) in [4.78, 5) is 15.2. The van der Waals surface area contributed by atoms with Crippen LogP contribution in [0, 0.1) is 17.0 Å². The standard InChI is InChI=1S/C23H26N2O5/c1-17-12-13-24-22-19(25(26)27)16-20(28-2)23(21(17)22)30-15-9-4-3-8-14-29-18-10-6-5-7-11-18/h5-7,10-13,16H,3-4,8-9,14-15H2,1-2H3. The molecule has 0 aliphatic carbocycles. The van der Waals surface area contributed by atoms with Crippen molar-refractivity contribution >= 4 is 16.6 Å². The first-order valence-corrected chi connectivity index (χ1v) is 10.0. The minimum atomic E-state index is -0.446. The fourth-order valence-electron chi connectivity index (χ4n) is 3.29. The van der Waals surface area contributed by atoms with Gasteiger partial charge in [-0.2, -0.15) is 0 Å². The quantitative estimate of drug-likeness (QED) is 0.236. The summed E-state index contributed by atoms with van der Waals surface area (Å²) in [6, 6.07) is 13.0. The molecular formula is C23H26N2O5. The van der Waals surface area contributed by atoms with Crippen molar-refractivity contribution in [1.29, 1.82) is 0 Å². The van der Waals surface area contributed by atoms with E-state index < -0.39 is 4.92 Å². The van der Waals surface area contributed by atoms with Crippen LogP contribution in [0.3, 0.4) is 0 Å². The van der Waals surface area contributed by atoms with Crippen molar-refractivity contribution in [1.82, 2.24) is 4.98 Å². The van der Waals surface area contributed by atoms with Gasteiger partial charge in [-0.3, -0.25) is 10.1 Å². The van der Waals surface area contributed by atoms with Crippen LogP contribution >= 0.6 is 0 Å². The summed E-state index contributed by atoms with van der Waals surface area (Å²) in [6.45, 7) is 3.07. The van der Waals surface area contributed by atoms with Crippen molar-refractivity contribution in [3.05, 3.63) is 64.3 Å². The molecule has 0 saturated heterocycles. The fraction of sp³-hybridized carbons (Fsp3) is 0.348. The second-order valence-electron chi connectivity index (χ2n) is 6.96. The minimum absolute atomic E-state index is 0.0867. The van der Waals surface area contributed by atoms with Gasteiger partial charge >= 0.3 is 0 Å². The molecule has 0 spiro atoms. The third-order valence-electron chi connectivity index (χ3n) is 4.83. The lowest BCUT2D eigenvalue weighted by atomic mass is 10.1. The van der Waals surface area contributed by atoms with Crippen LogP contribution < -0.4 is 14.2 Å². The molecule has 30 heavy (non-hydrogen) atoms. The van der Waals surface area contributed by atoms with E-state index in [9.17, 15) is 10.1 Å². The summed E-state index contributed by atoms with van der Waals surface area (Å²) in [5.41, 5.74) is 1.08. The van der Waals surface area contributed by atoms with E-state index in [1.807, 2.05) is 43.3 Å². The molecule has 0 radical (unpaired) electrons. The van der Waals surface area contributed by atoms with Gasteiger partial charge in [0.1, 0.15) is 5.75 Å². The van der Waals surface area contributed by atoms with Gasteiger partial charge in [0, 0.05) is 6.20 Å². The number of para-hydroxylation sites is 1. The van der Waals surface area contributed by atoms with Gasteiger partial charge in [-0.15, -0.1) is 0 Å². The number of unbranched alkanes of at least 4 members (excludes halogenated alkanes) is 3. The van der Waals surface area contributed by atoms with E-state index in [0.29, 0.717) is 35.6 Å². The van der Waals surface area contributed by atoms with E-state index in [1.54, 1.807) is 6.20 Å². The summed E-state index contributed by atoms with van der Waals surface area (Å²) in [7, 11) is 1.48. The molecule has 0 aliphatic rings. The van der Waals surface area contributed by atoms with Crippen LogP contribution in [0.2, 0.25) is 0 Å². The van der Waals surface area contributed by atoms with Gasteiger partial charge in [0.15, 0.2) is 17.0 Å². The van der Waals surface area contributed by atoms with Crippen LogP contribution in [-0.2, 0) is 0 Å². The molecule has 0 atom stereocenters. The van der Waals surface area contributed by atoms with Crippen LogP contribution in [0.15, 0.2) is 48.7 Å². The van der Waals surface area contributed by atoms with Gasteiger partial charge in [0.25, 0.3) is 5.69 Å². The average Bonchev–Trinajstić information content (AvgIpc) is 2.76. The molecule has 1 aromatic heterocycles. The maximum Gasteiger partial charge on any atom is 0.299 e. The van der Waals surface area contributed by atoms with Crippen LogP contribution in [0.4, 0.5) is 5.69 Å². The largest absolute Gasteiger partial charge is 0.494 e. The molecule has 3 rings (SSSR count). The van der Waals surface area contributed by atoms with Gasteiger partial charge in [0.05, 0.1) is 36.7 Å². The number of hydrogen-bond donors (Lipinski definition) is 0. The fourth-order valence-corrected chi connectivity index (χ4v) is 3.29. The molecule has 7 nitrogen and oxygen atoms in total. The number of benzene rings is 2. The van der Waals surface area contributed by atoms with Crippen molar-refractivity contribution in [2.45, 2.75) is 32.6 Å². The number of nitro benzene ring substituents is 1. The number of non-ortho nitro benzene ring substituents is 1. The number of nitro groups is 1. The highest BCUT2D eigenvalue weighted by atomic mass is 16.6. The summed E-state index contributed by atoms with van der Waals surface area (Å²) >= 11 is 0. The second kappa shape index (κ2) is 10.4. The Labute approximate surface area is 175 Å². The van der Waals surface area contributed by atoms with Crippen molar-refractivity contribution in [3.63, 3.8) is 0 Å². The van der Waals surface area contributed by atoms with Gasteiger partial charge in [0.2, 0.25) is 0 Å². The highest BCUT2D eigenvalue weighted by molar-refractivity contribution is 5.96. The number of aryl methyl sites for hydroxylation is 1. The van der Waals surface area contributed by atoms with Crippen molar-refractivity contribution in [2.24, 2.45) is 0 Å². The summed E-state index contributed by atoms with van der Waals surface area (Å²) in [5, 5.41) is 12.1. The van der Waals surface area contributed by atoms with E-state index in [1.165, 1.54) is 13.2 Å². The normalized spacial score (nSPS) is 10.7. The van der Waals surface area contributed by atoms with Crippen molar-refractivity contribution < 1.29 is 19.1 Å². The number of aromatic nitrogens is 1. The molecule has 0 unspecified atom stereocenters. The van der Waals surface area contributed by atoms with Crippen LogP contribution in [-0.4, -0.2) is 30.2 Å². The highest BCUT2D eigenvalue weighted by Crippen LogP contribution is 2.41. The Morgan fingerprint density at radius 3 is 2.37 bits per heavy atom. The van der Waals surface area contributed by atoms with Gasteiger partial charge in [-0.1, -0.05) is 18.2 Å². The first-order valence-electron chi connectivity index (χ1n) is 10.0. The number of rotatable bonds is 11. The maximum atomic E-state index is 11.4. The molecule has 0 bridgehead atoms. The van der Waals surface area contributed by atoms with E-state index in [2.05, 4.69) is 4.98 Å². The van der Waals surface area contributed by atoms with Crippen LogP contribution in [0.5, 0.6) is 17.2 Å². The molecule has 0 amide bonds. The lowest BCUT2D eigenvalue weighted by Gasteiger charge is -2.15. The van der Waals surface area contributed by atoms with Crippen molar-refractivity contribution in [3.8, 4) is 17.2 Å². The maximum absolute atomic E-state index is 11.4. The zero-order chi connectivity index (χ0) is 21.3. The Kier molecular flexibility index (Phi) is 7.43. The topological polar surface area (TPSA) is 83.7 Å². The van der Waals surface area contributed by atoms with Gasteiger partial charge in [-0.25, -0.2) is 4.98 Å². The number of fused-ring (bicyclic) bond motifs is 1. The number of nitrogens with zero attached hydrogens (tertiary/aromatic N) is 2. The third-order valence-corrected chi connectivity index (χ3v) is 4.83. The number of hydrogen-bond acceptors (Lipinski definition) is 6. The molecule has 0 N–H and O–H groups in total. The monoisotopic (exact) mass is 410 g/mol. The van der Waals surface area contributed by atoms with Crippen molar-refractivity contribution in [2.75, 3.05) is 20.3 Å². The predicted molar refractivity (Wildman–Crippen MR) is 116 cm³/mol. The molecule has 3 aromatic rings. The Bertz CT molecular complexity index is 992. The van der Waals surface area contributed by atoms with Gasteiger partial charge < -0.3 is 14.2 Å². The molecule has 158 valence electrons. The lowest BCUT2D eigenvalue weighted by molar-refractivity contribution is -0.383.